The summed E-state index contributed by atoms with van der Waals surface area (Å²) in [6.45, 7) is 4.07. The van der Waals surface area contributed by atoms with Crippen molar-refractivity contribution >= 4 is 9.84 Å². The summed E-state index contributed by atoms with van der Waals surface area (Å²) in [7, 11) is -3.28. The summed E-state index contributed by atoms with van der Waals surface area (Å²) in [5.41, 5.74) is 2.58. The zero-order chi connectivity index (χ0) is 19.1. The molecule has 3 rings (SSSR count). The molecule has 26 heavy (non-hydrogen) atoms. The first-order valence-corrected chi connectivity index (χ1v) is 10.8. The second kappa shape index (κ2) is 7.10. The van der Waals surface area contributed by atoms with E-state index in [4.69, 9.17) is 0 Å². The Morgan fingerprint density at radius 3 is 2.27 bits per heavy atom. The van der Waals surface area contributed by atoms with Gasteiger partial charge in [0.1, 0.15) is 11.6 Å². The fourth-order valence-corrected chi connectivity index (χ4v) is 4.23. The van der Waals surface area contributed by atoms with Crippen molar-refractivity contribution < 1.29 is 17.2 Å². The van der Waals surface area contributed by atoms with E-state index in [1.54, 1.807) is 12.1 Å². The molecule has 1 aliphatic carbocycles. The molecule has 0 spiro atoms. The van der Waals surface area contributed by atoms with Gasteiger partial charge < -0.3 is 0 Å². The van der Waals surface area contributed by atoms with Crippen LogP contribution in [0.5, 0.6) is 0 Å². The van der Waals surface area contributed by atoms with E-state index in [0.717, 1.165) is 30.0 Å². The zero-order valence-corrected chi connectivity index (χ0v) is 16.1. The van der Waals surface area contributed by atoms with E-state index >= 15 is 0 Å². The lowest BCUT2D eigenvalue weighted by Gasteiger charge is -2.23. The highest BCUT2D eigenvalue weighted by atomic mass is 32.2. The molecule has 0 heterocycles. The average Bonchev–Trinajstić information content (AvgIpc) is 3.37. The third kappa shape index (κ3) is 4.14. The Balaban J connectivity index is 2.03. The van der Waals surface area contributed by atoms with Gasteiger partial charge in [-0.3, -0.25) is 0 Å². The minimum absolute atomic E-state index is 0.112. The van der Waals surface area contributed by atoms with Crippen LogP contribution >= 0.6 is 0 Å². The second-order valence-electron chi connectivity index (χ2n) is 7.60. The van der Waals surface area contributed by atoms with Gasteiger partial charge in [0.2, 0.25) is 0 Å². The van der Waals surface area contributed by atoms with E-state index in [1.165, 1.54) is 18.4 Å². The van der Waals surface area contributed by atoms with Crippen molar-refractivity contribution in [2.45, 2.75) is 49.8 Å². The summed E-state index contributed by atoms with van der Waals surface area (Å²) in [5.74, 6) is -0.364. The minimum atomic E-state index is -3.28. The van der Waals surface area contributed by atoms with Gasteiger partial charge in [-0.15, -0.1) is 0 Å². The van der Waals surface area contributed by atoms with Gasteiger partial charge in [-0.2, -0.15) is 0 Å². The highest BCUT2D eigenvalue weighted by Gasteiger charge is 2.34. The predicted molar refractivity (Wildman–Crippen MR) is 99.2 cm³/mol. The Hall–Kier alpha value is -1.75. The molecule has 1 unspecified atom stereocenters. The maximum Gasteiger partial charge on any atom is 0.175 e. The molecule has 0 aliphatic heterocycles. The number of hydrogen-bond donors (Lipinski definition) is 0. The van der Waals surface area contributed by atoms with E-state index in [2.05, 4.69) is 0 Å². The van der Waals surface area contributed by atoms with Crippen LogP contribution < -0.4 is 0 Å². The molecule has 1 saturated carbocycles. The van der Waals surface area contributed by atoms with Crippen molar-refractivity contribution in [3.63, 3.8) is 0 Å². The lowest BCUT2D eigenvalue weighted by molar-refractivity contribution is 0.541. The van der Waals surface area contributed by atoms with Crippen LogP contribution in [0.1, 0.15) is 55.2 Å². The van der Waals surface area contributed by atoms with Crippen LogP contribution in [0, 0.1) is 17.6 Å². The van der Waals surface area contributed by atoms with Crippen LogP contribution in [-0.4, -0.2) is 14.7 Å². The molecular formula is C21H24F2O2S. The van der Waals surface area contributed by atoms with Gasteiger partial charge >= 0.3 is 0 Å². The quantitative estimate of drug-likeness (QED) is 0.690. The molecule has 1 fully saturated rings. The van der Waals surface area contributed by atoms with Crippen molar-refractivity contribution in [3.8, 4) is 0 Å². The lowest BCUT2D eigenvalue weighted by Crippen LogP contribution is -2.12. The lowest BCUT2D eigenvalue weighted by atomic mass is 9.82. The fraction of sp³-hybridized carbons (Fsp3) is 0.429. The summed E-state index contributed by atoms with van der Waals surface area (Å²) < 4.78 is 51.2. The Bertz CT molecular complexity index is 916. The molecule has 140 valence electrons. The zero-order valence-electron chi connectivity index (χ0n) is 15.3. The van der Waals surface area contributed by atoms with Crippen molar-refractivity contribution in [1.82, 2.24) is 0 Å². The number of benzene rings is 2. The Morgan fingerprint density at radius 2 is 1.73 bits per heavy atom. The number of halogens is 2. The van der Waals surface area contributed by atoms with E-state index in [-0.39, 0.29) is 11.8 Å². The van der Waals surface area contributed by atoms with E-state index in [0.29, 0.717) is 22.8 Å². The molecule has 0 bridgehead atoms. The van der Waals surface area contributed by atoms with Gasteiger partial charge in [0.05, 0.1) is 4.90 Å². The Labute approximate surface area is 154 Å². The first-order chi connectivity index (χ1) is 12.2. The average molecular weight is 378 g/mol. The normalized spacial score (nSPS) is 16.1. The molecule has 5 heteroatoms. The fourth-order valence-electron chi connectivity index (χ4n) is 3.57. The van der Waals surface area contributed by atoms with Crippen LogP contribution in [-0.2, 0) is 16.3 Å². The largest absolute Gasteiger partial charge is 0.224 e. The van der Waals surface area contributed by atoms with Gasteiger partial charge in [0.15, 0.2) is 9.84 Å². The van der Waals surface area contributed by atoms with Crippen LogP contribution in [0.15, 0.2) is 41.3 Å². The van der Waals surface area contributed by atoms with E-state index in [1.807, 2.05) is 19.9 Å². The molecule has 2 aromatic rings. The van der Waals surface area contributed by atoms with Crippen molar-refractivity contribution in [2.75, 3.05) is 6.26 Å². The monoisotopic (exact) mass is 378 g/mol. The standard InChI is InChI=1S/C21H24F2O2S/c1-13(2)19-12-17(26(3,24)25)8-9-18(19)20(14-4-5-14)10-15-6-7-16(22)11-21(15)23/h6-9,11-14,20H,4-5,10H2,1-3H3. The van der Waals surface area contributed by atoms with Crippen molar-refractivity contribution in [1.29, 1.82) is 0 Å². The first-order valence-electron chi connectivity index (χ1n) is 8.94. The molecule has 0 radical (unpaired) electrons. The Morgan fingerprint density at radius 1 is 1.04 bits per heavy atom. The van der Waals surface area contributed by atoms with Crippen molar-refractivity contribution in [3.05, 3.63) is 64.7 Å². The van der Waals surface area contributed by atoms with Crippen LogP contribution in [0.2, 0.25) is 0 Å². The number of sulfone groups is 1. The van der Waals surface area contributed by atoms with Crippen molar-refractivity contribution in [2.24, 2.45) is 5.92 Å². The summed E-state index contributed by atoms with van der Waals surface area (Å²) in [6.07, 6.45) is 3.87. The van der Waals surface area contributed by atoms with Gasteiger partial charge in [0, 0.05) is 12.3 Å². The summed E-state index contributed by atoms with van der Waals surface area (Å²) in [5, 5.41) is 0. The predicted octanol–water partition coefficient (Wildman–Crippen LogP) is 5.23. The molecule has 0 aromatic heterocycles. The van der Waals surface area contributed by atoms with Gasteiger partial charge in [-0.25, -0.2) is 17.2 Å². The third-order valence-electron chi connectivity index (χ3n) is 5.15. The van der Waals surface area contributed by atoms with Crippen LogP contribution in [0.3, 0.4) is 0 Å². The summed E-state index contributed by atoms with van der Waals surface area (Å²) >= 11 is 0. The molecule has 0 N–H and O–H groups in total. The number of hydrogen-bond acceptors (Lipinski definition) is 2. The van der Waals surface area contributed by atoms with Crippen LogP contribution in [0.4, 0.5) is 8.78 Å². The van der Waals surface area contributed by atoms with E-state index < -0.39 is 21.5 Å². The second-order valence-corrected chi connectivity index (χ2v) is 9.62. The third-order valence-corrected chi connectivity index (χ3v) is 6.26. The van der Waals surface area contributed by atoms with Gasteiger partial charge in [-0.1, -0.05) is 26.0 Å². The van der Waals surface area contributed by atoms with Gasteiger partial charge in [-0.05, 0) is 71.9 Å². The highest BCUT2D eigenvalue weighted by molar-refractivity contribution is 7.90. The first kappa shape index (κ1) is 19.0. The molecule has 0 saturated heterocycles. The highest BCUT2D eigenvalue weighted by Crippen LogP contribution is 2.46. The Kier molecular flexibility index (Phi) is 5.20. The SMILES string of the molecule is CC(C)c1cc(S(C)(=O)=O)ccc1C(Cc1ccc(F)cc1F)C1CC1. The number of rotatable bonds is 6. The molecule has 2 aromatic carbocycles. The summed E-state index contributed by atoms with van der Waals surface area (Å²) in [4.78, 5) is 0.312. The maximum absolute atomic E-state index is 14.2. The van der Waals surface area contributed by atoms with Crippen LogP contribution in [0.25, 0.3) is 0 Å². The molecular weight excluding hydrogens is 354 g/mol. The topological polar surface area (TPSA) is 34.1 Å². The molecule has 1 aliphatic rings. The summed E-state index contributed by atoms with van der Waals surface area (Å²) in [6, 6.07) is 9.02. The molecule has 2 nitrogen and oxygen atoms in total. The van der Waals surface area contributed by atoms with E-state index in [9.17, 15) is 17.2 Å². The smallest absolute Gasteiger partial charge is 0.175 e. The molecule has 0 amide bonds. The minimum Gasteiger partial charge on any atom is -0.224 e. The molecule has 1 atom stereocenters. The van der Waals surface area contributed by atoms with Gasteiger partial charge in [0.25, 0.3) is 0 Å². The maximum atomic E-state index is 14.2.